The Bertz CT molecular complexity index is 1100. The second-order valence-electron chi connectivity index (χ2n) is 6.83. The van der Waals surface area contributed by atoms with Crippen LogP contribution in [-0.4, -0.2) is 21.3 Å². The lowest BCUT2D eigenvalue weighted by Gasteiger charge is -2.15. The molecule has 0 aliphatic heterocycles. The zero-order chi connectivity index (χ0) is 21.7. The van der Waals surface area contributed by atoms with Crippen molar-refractivity contribution in [3.63, 3.8) is 0 Å². The molecule has 0 unspecified atom stereocenters. The summed E-state index contributed by atoms with van der Waals surface area (Å²) >= 11 is 0. The maximum Gasteiger partial charge on any atom is 0.309 e. The summed E-state index contributed by atoms with van der Waals surface area (Å²) in [6.07, 6.45) is 2.17. The van der Waals surface area contributed by atoms with Crippen LogP contribution >= 0.6 is 0 Å². The Morgan fingerprint density at radius 1 is 0.833 bits per heavy atom. The minimum Gasteiger partial charge on any atom is -0.427 e. The van der Waals surface area contributed by atoms with Crippen molar-refractivity contribution in [3.8, 4) is 23.0 Å². The van der Waals surface area contributed by atoms with Gasteiger partial charge in [0.1, 0.15) is 5.75 Å². The van der Waals surface area contributed by atoms with E-state index in [1.165, 1.54) is 18.5 Å². The quantitative estimate of drug-likeness (QED) is 0.439. The number of hydrogen-bond acceptors (Lipinski definition) is 5. The van der Waals surface area contributed by atoms with Gasteiger partial charge in [-0.1, -0.05) is 31.5 Å². The highest BCUT2D eigenvalue weighted by molar-refractivity contribution is 5.70. The molecule has 1 aromatic heterocycles. The lowest BCUT2D eigenvalue weighted by atomic mass is 10.1. The highest BCUT2D eigenvalue weighted by Crippen LogP contribution is 2.27. The molecule has 3 aromatic rings. The van der Waals surface area contributed by atoms with E-state index in [9.17, 15) is 14.4 Å². The lowest BCUT2D eigenvalue weighted by molar-refractivity contribution is -0.133. The molecule has 156 valence electrons. The van der Waals surface area contributed by atoms with Crippen LogP contribution in [0.3, 0.4) is 0 Å². The number of unbranched alkanes of at least 4 members (excludes halogenated alkanes) is 1. The number of nitrogens with zero attached hydrogens (tertiary/aromatic N) is 2. The standard InChI is InChI=1S/C23H24N2O5/c1-4-5-11-21-22(28)24(18-9-7-6-8-10-18)25(23(21)30-17(3)27)19-12-14-20(15-13-19)29-16(2)26/h6-10,12-15H,4-5,11H2,1-3H3. The fourth-order valence-corrected chi connectivity index (χ4v) is 3.19. The number of hydrogen-bond donors (Lipinski definition) is 0. The molecule has 3 rings (SSSR count). The molecule has 0 atom stereocenters. The first-order valence-electron chi connectivity index (χ1n) is 9.82. The molecule has 0 N–H and O–H groups in total. The zero-order valence-electron chi connectivity index (χ0n) is 17.3. The van der Waals surface area contributed by atoms with Gasteiger partial charge in [-0.3, -0.25) is 14.4 Å². The Balaban J connectivity index is 2.25. The molecule has 1 heterocycles. The van der Waals surface area contributed by atoms with Gasteiger partial charge in [0.05, 0.1) is 16.9 Å². The van der Waals surface area contributed by atoms with E-state index in [-0.39, 0.29) is 11.4 Å². The average molecular weight is 408 g/mol. The fourth-order valence-electron chi connectivity index (χ4n) is 3.19. The van der Waals surface area contributed by atoms with Crippen molar-refractivity contribution in [2.75, 3.05) is 0 Å². The van der Waals surface area contributed by atoms with E-state index in [1.807, 2.05) is 37.3 Å². The molecule has 0 spiro atoms. The molecule has 0 fully saturated rings. The number of esters is 2. The molecular formula is C23H24N2O5. The van der Waals surface area contributed by atoms with Gasteiger partial charge in [0.15, 0.2) is 0 Å². The second kappa shape index (κ2) is 9.26. The average Bonchev–Trinajstić information content (AvgIpc) is 2.98. The van der Waals surface area contributed by atoms with Crippen LogP contribution in [0, 0.1) is 0 Å². The molecule has 7 nitrogen and oxygen atoms in total. The summed E-state index contributed by atoms with van der Waals surface area (Å²) < 4.78 is 13.7. The fraction of sp³-hybridized carbons (Fsp3) is 0.261. The summed E-state index contributed by atoms with van der Waals surface area (Å²) in [6.45, 7) is 4.67. The van der Waals surface area contributed by atoms with Gasteiger partial charge in [-0.05, 0) is 49.2 Å². The lowest BCUT2D eigenvalue weighted by Crippen LogP contribution is -2.21. The van der Waals surface area contributed by atoms with Gasteiger partial charge in [0.25, 0.3) is 5.56 Å². The van der Waals surface area contributed by atoms with E-state index in [0.717, 1.165) is 12.8 Å². The van der Waals surface area contributed by atoms with Crippen molar-refractivity contribution in [1.82, 2.24) is 9.36 Å². The van der Waals surface area contributed by atoms with Crippen LogP contribution in [-0.2, 0) is 16.0 Å². The van der Waals surface area contributed by atoms with E-state index < -0.39 is 11.9 Å². The predicted octanol–water partition coefficient (Wildman–Crippen LogP) is 3.82. The molecule has 0 aliphatic rings. The van der Waals surface area contributed by atoms with E-state index >= 15 is 0 Å². The number of rotatable bonds is 7. The van der Waals surface area contributed by atoms with Gasteiger partial charge in [0.2, 0.25) is 5.88 Å². The van der Waals surface area contributed by atoms with Crippen LogP contribution in [0.15, 0.2) is 59.4 Å². The minimum atomic E-state index is -0.511. The number of para-hydroxylation sites is 1. The molecule has 0 amide bonds. The smallest absolute Gasteiger partial charge is 0.309 e. The summed E-state index contributed by atoms with van der Waals surface area (Å²) in [5, 5.41) is 0. The first kappa shape index (κ1) is 21.1. The molecule has 30 heavy (non-hydrogen) atoms. The van der Waals surface area contributed by atoms with E-state index in [1.54, 1.807) is 28.9 Å². The van der Waals surface area contributed by atoms with Gasteiger partial charge in [-0.2, -0.15) is 0 Å². The first-order valence-corrected chi connectivity index (χ1v) is 9.82. The summed E-state index contributed by atoms with van der Waals surface area (Å²) in [7, 11) is 0. The van der Waals surface area contributed by atoms with E-state index in [2.05, 4.69) is 0 Å². The Morgan fingerprint density at radius 2 is 1.43 bits per heavy atom. The molecule has 0 saturated heterocycles. The van der Waals surface area contributed by atoms with Gasteiger partial charge in [-0.25, -0.2) is 9.36 Å². The van der Waals surface area contributed by atoms with E-state index in [0.29, 0.717) is 29.1 Å². The van der Waals surface area contributed by atoms with Crippen molar-refractivity contribution in [3.05, 3.63) is 70.5 Å². The molecule has 0 aliphatic carbocycles. The van der Waals surface area contributed by atoms with E-state index in [4.69, 9.17) is 9.47 Å². The van der Waals surface area contributed by atoms with Crippen LogP contribution < -0.4 is 15.0 Å². The zero-order valence-corrected chi connectivity index (χ0v) is 17.3. The van der Waals surface area contributed by atoms with Crippen molar-refractivity contribution in [1.29, 1.82) is 0 Å². The molecule has 0 radical (unpaired) electrons. The largest absolute Gasteiger partial charge is 0.427 e. The highest BCUT2D eigenvalue weighted by atomic mass is 16.5. The van der Waals surface area contributed by atoms with Crippen LogP contribution in [0.1, 0.15) is 39.2 Å². The summed E-state index contributed by atoms with van der Waals surface area (Å²) in [5.74, 6) is -0.354. The Labute approximate surface area is 174 Å². The topological polar surface area (TPSA) is 79.5 Å². The van der Waals surface area contributed by atoms with Gasteiger partial charge in [-0.15, -0.1) is 0 Å². The number of benzene rings is 2. The third-order valence-corrected chi connectivity index (χ3v) is 4.47. The van der Waals surface area contributed by atoms with Crippen LogP contribution in [0.25, 0.3) is 11.4 Å². The normalized spacial score (nSPS) is 10.6. The second-order valence-corrected chi connectivity index (χ2v) is 6.83. The van der Waals surface area contributed by atoms with Crippen molar-refractivity contribution in [2.24, 2.45) is 0 Å². The first-order chi connectivity index (χ1) is 14.4. The SMILES string of the molecule is CCCCc1c(OC(C)=O)n(-c2ccc(OC(C)=O)cc2)n(-c2ccccc2)c1=O. The van der Waals surface area contributed by atoms with Crippen molar-refractivity contribution < 1.29 is 19.1 Å². The number of carbonyl (C=O) groups is 2. The third-order valence-electron chi connectivity index (χ3n) is 4.47. The Morgan fingerprint density at radius 3 is 2.00 bits per heavy atom. The summed E-state index contributed by atoms with van der Waals surface area (Å²) in [6, 6.07) is 15.8. The molecular weight excluding hydrogens is 384 g/mol. The Kier molecular flexibility index (Phi) is 6.51. The van der Waals surface area contributed by atoms with Gasteiger partial charge >= 0.3 is 11.9 Å². The summed E-state index contributed by atoms with van der Waals surface area (Å²) in [4.78, 5) is 36.4. The highest BCUT2D eigenvalue weighted by Gasteiger charge is 2.24. The number of ether oxygens (including phenoxy) is 2. The van der Waals surface area contributed by atoms with Crippen LogP contribution in [0.2, 0.25) is 0 Å². The van der Waals surface area contributed by atoms with Crippen molar-refractivity contribution >= 4 is 11.9 Å². The van der Waals surface area contributed by atoms with Crippen LogP contribution in [0.5, 0.6) is 11.6 Å². The monoisotopic (exact) mass is 408 g/mol. The molecule has 0 saturated carbocycles. The maximum atomic E-state index is 13.4. The van der Waals surface area contributed by atoms with Crippen molar-refractivity contribution in [2.45, 2.75) is 40.0 Å². The minimum absolute atomic E-state index is 0.199. The number of aromatic nitrogens is 2. The Hall–Kier alpha value is -3.61. The molecule has 7 heteroatoms. The molecule has 2 aromatic carbocycles. The van der Waals surface area contributed by atoms with Gasteiger partial charge < -0.3 is 9.47 Å². The van der Waals surface area contributed by atoms with Gasteiger partial charge in [0, 0.05) is 13.8 Å². The summed E-state index contributed by atoms with van der Waals surface area (Å²) in [5.41, 5.74) is 1.43. The molecule has 0 bridgehead atoms. The van der Waals surface area contributed by atoms with Crippen LogP contribution in [0.4, 0.5) is 0 Å². The maximum absolute atomic E-state index is 13.4. The number of carbonyl (C=O) groups excluding carboxylic acids is 2. The third kappa shape index (κ3) is 4.51. The predicted molar refractivity (Wildman–Crippen MR) is 113 cm³/mol.